The quantitative estimate of drug-likeness (QED) is 0.842. The summed E-state index contributed by atoms with van der Waals surface area (Å²) in [6, 6.07) is 6.91. The van der Waals surface area contributed by atoms with Crippen LogP contribution in [-0.4, -0.2) is 26.1 Å². The Labute approximate surface area is 157 Å². The molecule has 0 amide bonds. The number of aliphatic hydroxyl groups is 1. The van der Waals surface area contributed by atoms with Gasteiger partial charge in [0.25, 0.3) is 5.56 Å². The van der Waals surface area contributed by atoms with Gasteiger partial charge in [-0.25, -0.2) is 4.98 Å². The number of fused-ring (bicyclic) bond motifs is 1. The first-order valence-corrected chi connectivity index (χ1v) is 9.74. The highest BCUT2D eigenvalue weighted by molar-refractivity contribution is 5.77. The fraction of sp³-hybridized carbons (Fsp3) is 0.571. The largest absolute Gasteiger partial charge is 0.459 e. The minimum absolute atomic E-state index is 0.00593. The standard InChI is InChI=1S/C21H24N2O4/c1-13-3-2-4-17-22-16(6-18(24)23(13)17)11-27-19(25)20-7-14-5-15(8-20)10-21(26,9-14)12-20/h2-4,6,14-15,26H,5,7-12H2,1H3/t14-,15+,20?,21?. The molecule has 4 atom stereocenters. The zero-order chi connectivity index (χ0) is 18.8. The summed E-state index contributed by atoms with van der Waals surface area (Å²) in [6.07, 6.45) is 4.91. The van der Waals surface area contributed by atoms with Crippen LogP contribution in [0.5, 0.6) is 0 Å². The minimum Gasteiger partial charge on any atom is -0.459 e. The van der Waals surface area contributed by atoms with Gasteiger partial charge in [-0.1, -0.05) is 6.07 Å². The van der Waals surface area contributed by atoms with Crippen LogP contribution in [0.2, 0.25) is 0 Å². The van der Waals surface area contributed by atoms with E-state index >= 15 is 0 Å². The summed E-state index contributed by atoms with van der Waals surface area (Å²) >= 11 is 0. The van der Waals surface area contributed by atoms with E-state index in [1.807, 2.05) is 19.1 Å². The molecule has 2 aromatic rings. The number of ether oxygens (including phenoxy) is 1. The van der Waals surface area contributed by atoms with E-state index in [-0.39, 0.29) is 18.1 Å². The molecule has 0 saturated heterocycles. The molecular formula is C21H24N2O4. The van der Waals surface area contributed by atoms with Gasteiger partial charge in [0, 0.05) is 11.8 Å². The Balaban J connectivity index is 1.37. The summed E-state index contributed by atoms with van der Waals surface area (Å²) < 4.78 is 7.17. The van der Waals surface area contributed by atoms with Crippen molar-refractivity contribution in [1.82, 2.24) is 9.38 Å². The van der Waals surface area contributed by atoms with E-state index in [1.165, 1.54) is 6.07 Å². The molecule has 2 aromatic heterocycles. The maximum Gasteiger partial charge on any atom is 0.312 e. The van der Waals surface area contributed by atoms with Crippen LogP contribution >= 0.6 is 0 Å². The first-order valence-electron chi connectivity index (χ1n) is 9.74. The molecule has 6 rings (SSSR count). The summed E-state index contributed by atoms with van der Waals surface area (Å²) in [7, 11) is 0. The number of hydrogen-bond donors (Lipinski definition) is 1. The molecule has 4 aliphatic rings. The highest BCUT2D eigenvalue weighted by Gasteiger charge is 2.60. The topological polar surface area (TPSA) is 80.9 Å². The van der Waals surface area contributed by atoms with E-state index in [0.29, 0.717) is 29.6 Å². The predicted molar refractivity (Wildman–Crippen MR) is 98.1 cm³/mol. The Kier molecular flexibility index (Phi) is 3.54. The number of carbonyl (C=O) groups is 1. The smallest absolute Gasteiger partial charge is 0.312 e. The number of rotatable bonds is 3. The minimum atomic E-state index is -0.694. The number of aromatic nitrogens is 2. The molecule has 0 aliphatic heterocycles. The molecule has 4 bridgehead atoms. The Hall–Kier alpha value is -2.21. The van der Waals surface area contributed by atoms with Crippen molar-refractivity contribution in [2.24, 2.45) is 17.3 Å². The maximum absolute atomic E-state index is 13.0. The van der Waals surface area contributed by atoms with Gasteiger partial charge in [0.05, 0.1) is 16.7 Å². The molecule has 4 fully saturated rings. The molecule has 4 saturated carbocycles. The lowest BCUT2D eigenvalue weighted by Gasteiger charge is -2.58. The lowest BCUT2D eigenvalue weighted by atomic mass is 9.48. The Morgan fingerprint density at radius 3 is 2.74 bits per heavy atom. The first-order chi connectivity index (χ1) is 12.9. The van der Waals surface area contributed by atoms with Crippen LogP contribution in [0.1, 0.15) is 49.9 Å². The summed E-state index contributed by atoms with van der Waals surface area (Å²) in [5, 5.41) is 10.8. The van der Waals surface area contributed by atoms with Crippen LogP contribution in [0.25, 0.3) is 5.65 Å². The number of nitrogens with zero attached hydrogens (tertiary/aromatic N) is 2. The third-order valence-corrected chi connectivity index (χ3v) is 6.75. The summed E-state index contributed by atoms with van der Waals surface area (Å²) in [4.78, 5) is 29.8. The third-order valence-electron chi connectivity index (χ3n) is 6.75. The summed E-state index contributed by atoms with van der Waals surface area (Å²) in [6.45, 7) is 1.85. The molecule has 0 aromatic carbocycles. The van der Waals surface area contributed by atoms with Crippen molar-refractivity contribution in [3.8, 4) is 0 Å². The number of hydrogen-bond acceptors (Lipinski definition) is 5. The highest BCUT2D eigenvalue weighted by Crippen LogP contribution is 2.62. The Bertz CT molecular complexity index is 981. The van der Waals surface area contributed by atoms with Gasteiger partial charge < -0.3 is 9.84 Å². The summed E-state index contributed by atoms with van der Waals surface area (Å²) in [5.74, 6) is 0.617. The second-order valence-electron chi connectivity index (χ2n) is 8.99. The molecule has 2 heterocycles. The van der Waals surface area contributed by atoms with Gasteiger partial charge in [0.1, 0.15) is 12.3 Å². The molecule has 27 heavy (non-hydrogen) atoms. The van der Waals surface area contributed by atoms with Crippen molar-refractivity contribution >= 4 is 11.6 Å². The van der Waals surface area contributed by atoms with E-state index in [9.17, 15) is 14.7 Å². The van der Waals surface area contributed by atoms with Crippen LogP contribution in [0.15, 0.2) is 29.1 Å². The number of pyridine rings is 1. The van der Waals surface area contributed by atoms with Gasteiger partial charge in [-0.05, 0) is 69.4 Å². The molecule has 2 unspecified atom stereocenters. The fourth-order valence-corrected chi connectivity index (χ4v) is 6.18. The number of esters is 1. The highest BCUT2D eigenvalue weighted by atomic mass is 16.5. The van der Waals surface area contributed by atoms with E-state index < -0.39 is 11.0 Å². The average Bonchev–Trinajstić information content (AvgIpc) is 2.57. The normalized spacial score (nSPS) is 34.1. The van der Waals surface area contributed by atoms with Gasteiger partial charge >= 0.3 is 5.97 Å². The fourth-order valence-electron chi connectivity index (χ4n) is 6.18. The Morgan fingerprint density at radius 2 is 2.04 bits per heavy atom. The van der Waals surface area contributed by atoms with Gasteiger partial charge in [0.2, 0.25) is 0 Å². The molecule has 0 spiro atoms. The van der Waals surface area contributed by atoms with Gasteiger partial charge in [0.15, 0.2) is 0 Å². The van der Waals surface area contributed by atoms with Gasteiger partial charge in [-0.15, -0.1) is 0 Å². The van der Waals surface area contributed by atoms with Crippen molar-refractivity contribution < 1.29 is 14.6 Å². The second kappa shape index (κ2) is 5.64. The average molecular weight is 368 g/mol. The van der Waals surface area contributed by atoms with Crippen LogP contribution < -0.4 is 5.56 Å². The predicted octanol–water partition coefficient (Wildman–Crippen LogP) is 2.38. The van der Waals surface area contributed by atoms with E-state index in [0.717, 1.165) is 37.8 Å². The molecule has 142 valence electrons. The summed E-state index contributed by atoms with van der Waals surface area (Å²) in [5.41, 5.74) is 0.408. The molecule has 0 radical (unpaired) electrons. The molecular weight excluding hydrogens is 344 g/mol. The maximum atomic E-state index is 13.0. The lowest BCUT2D eigenvalue weighted by Crippen LogP contribution is -2.58. The zero-order valence-corrected chi connectivity index (χ0v) is 15.5. The van der Waals surface area contributed by atoms with Crippen LogP contribution in [0.4, 0.5) is 0 Å². The van der Waals surface area contributed by atoms with Gasteiger partial charge in [-0.2, -0.15) is 0 Å². The van der Waals surface area contributed by atoms with E-state index in [1.54, 1.807) is 10.5 Å². The number of aryl methyl sites for hydroxylation is 1. The lowest BCUT2D eigenvalue weighted by molar-refractivity contribution is -0.197. The zero-order valence-electron chi connectivity index (χ0n) is 15.5. The van der Waals surface area contributed by atoms with Crippen molar-refractivity contribution in [3.05, 3.63) is 46.0 Å². The first kappa shape index (κ1) is 16.9. The molecule has 6 nitrogen and oxygen atoms in total. The van der Waals surface area contributed by atoms with Crippen molar-refractivity contribution in [2.45, 2.75) is 57.7 Å². The molecule has 6 heteroatoms. The Morgan fingerprint density at radius 1 is 1.30 bits per heavy atom. The van der Waals surface area contributed by atoms with Gasteiger partial charge in [-0.3, -0.25) is 14.0 Å². The van der Waals surface area contributed by atoms with Crippen molar-refractivity contribution in [3.63, 3.8) is 0 Å². The van der Waals surface area contributed by atoms with Crippen molar-refractivity contribution in [1.29, 1.82) is 0 Å². The van der Waals surface area contributed by atoms with Crippen LogP contribution in [-0.2, 0) is 16.1 Å². The van der Waals surface area contributed by atoms with E-state index in [2.05, 4.69) is 4.98 Å². The monoisotopic (exact) mass is 368 g/mol. The second-order valence-corrected chi connectivity index (χ2v) is 8.99. The van der Waals surface area contributed by atoms with Crippen LogP contribution in [0, 0.1) is 24.2 Å². The number of carbonyl (C=O) groups excluding carboxylic acids is 1. The third kappa shape index (κ3) is 2.69. The van der Waals surface area contributed by atoms with Crippen molar-refractivity contribution in [2.75, 3.05) is 0 Å². The SMILES string of the molecule is Cc1cccc2nc(COC(=O)C34C[C@@H]5C[C@@H](CC(O)(C5)C3)C4)cc(=O)n12. The van der Waals surface area contributed by atoms with E-state index in [4.69, 9.17) is 4.74 Å². The van der Waals surface area contributed by atoms with Crippen LogP contribution in [0.3, 0.4) is 0 Å². The molecule has 1 N–H and O–H groups in total. The molecule has 4 aliphatic carbocycles.